The summed E-state index contributed by atoms with van der Waals surface area (Å²) in [5, 5.41) is 9.44. The summed E-state index contributed by atoms with van der Waals surface area (Å²) < 4.78 is 2.19. The van der Waals surface area contributed by atoms with Crippen molar-refractivity contribution in [1.29, 1.82) is 0 Å². The van der Waals surface area contributed by atoms with Crippen molar-refractivity contribution in [2.45, 2.75) is 45.6 Å². The van der Waals surface area contributed by atoms with E-state index in [0.717, 1.165) is 29.7 Å². The zero-order chi connectivity index (χ0) is 14.4. The highest BCUT2D eigenvalue weighted by Crippen LogP contribution is 2.48. The highest BCUT2D eigenvalue weighted by atomic mass is 16.4. The normalized spacial score (nSPS) is 21.6. The van der Waals surface area contributed by atoms with Crippen LogP contribution in [0.5, 0.6) is 0 Å². The van der Waals surface area contributed by atoms with Gasteiger partial charge in [-0.3, -0.25) is 0 Å². The molecule has 0 saturated heterocycles. The first-order valence-electron chi connectivity index (χ1n) is 7.28. The number of carboxylic acids is 1. The lowest BCUT2D eigenvalue weighted by Crippen LogP contribution is -2.07. The first-order valence-corrected chi connectivity index (χ1v) is 7.28. The molecule has 1 aromatic carbocycles. The number of nitrogens with zero attached hydrogens (tertiary/aromatic N) is 2. The SMILES string of the molecule is CCC1CC1n1c(C(C)C)nc2cccc(C(=O)O)c21. The van der Waals surface area contributed by atoms with E-state index in [-0.39, 0.29) is 0 Å². The Labute approximate surface area is 118 Å². The molecule has 1 heterocycles. The summed E-state index contributed by atoms with van der Waals surface area (Å²) in [5.41, 5.74) is 1.96. The molecule has 2 atom stereocenters. The number of imidazole rings is 1. The van der Waals surface area contributed by atoms with Gasteiger partial charge >= 0.3 is 5.97 Å². The molecule has 0 aliphatic heterocycles. The number of aromatic carboxylic acids is 1. The number of carbonyl (C=O) groups is 1. The lowest BCUT2D eigenvalue weighted by Gasteiger charge is -2.12. The molecule has 106 valence electrons. The molecule has 20 heavy (non-hydrogen) atoms. The molecule has 1 aliphatic carbocycles. The van der Waals surface area contributed by atoms with Crippen LogP contribution in [0.15, 0.2) is 18.2 Å². The Balaban J connectivity index is 2.27. The van der Waals surface area contributed by atoms with E-state index in [2.05, 4.69) is 30.3 Å². The van der Waals surface area contributed by atoms with E-state index in [1.807, 2.05) is 6.07 Å². The molecule has 1 aromatic heterocycles. The Bertz CT molecular complexity index is 672. The molecule has 0 spiro atoms. The number of rotatable bonds is 4. The van der Waals surface area contributed by atoms with Crippen molar-refractivity contribution in [2.24, 2.45) is 5.92 Å². The molecule has 1 N–H and O–H groups in total. The quantitative estimate of drug-likeness (QED) is 0.920. The summed E-state index contributed by atoms with van der Waals surface area (Å²) in [6, 6.07) is 5.78. The van der Waals surface area contributed by atoms with Crippen LogP contribution < -0.4 is 0 Å². The number of hydrogen-bond acceptors (Lipinski definition) is 2. The van der Waals surface area contributed by atoms with Crippen LogP contribution in [-0.4, -0.2) is 20.6 Å². The van der Waals surface area contributed by atoms with Crippen LogP contribution >= 0.6 is 0 Å². The van der Waals surface area contributed by atoms with Gasteiger partial charge in [-0.25, -0.2) is 9.78 Å². The zero-order valence-corrected chi connectivity index (χ0v) is 12.1. The van der Waals surface area contributed by atoms with Gasteiger partial charge in [0, 0.05) is 12.0 Å². The minimum absolute atomic E-state index is 0.294. The van der Waals surface area contributed by atoms with Gasteiger partial charge in [0.2, 0.25) is 0 Å². The van der Waals surface area contributed by atoms with E-state index in [0.29, 0.717) is 23.4 Å². The highest BCUT2D eigenvalue weighted by Gasteiger charge is 2.40. The zero-order valence-electron chi connectivity index (χ0n) is 12.1. The average molecular weight is 272 g/mol. The lowest BCUT2D eigenvalue weighted by atomic mass is 10.1. The van der Waals surface area contributed by atoms with Crippen molar-refractivity contribution in [3.63, 3.8) is 0 Å². The number of para-hydroxylation sites is 1. The van der Waals surface area contributed by atoms with Crippen molar-refractivity contribution in [3.8, 4) is 0 Å². The number of carboxylic acid groups (broad SMARTS) is 1. The second-order valence-corrected chi connectivity index (χ2v) is 5.94. The molecule has 4 nitrogen and oxygen atoms in total. The molecule has 1 aliphatic rings. The van der Waals surface area contributed by atoms with Crippen molar-refractivity contribution in [3.05, 3.63) is 29.6 Å². The Kier molecular flexibility index (Phi) is 3.04. The Hall–Kier alpha value is -1.84. The molecule has 1 saturated carbocycles. The predicted octanol–water partition coefficient (Wildman–Crippen LogP) is 3.83. The van der Waals surface area contributed by atoms with Crippen LogP contribution in [0.3, 0.4) is 0 Å². The van der Waals surface area contributed by atoms with E-state index < -0.39 is 5.97 Å². The smallest absolute Gasteiger partial charge is 0.337 e. The fourth-order valence-corrected chi connectivity index (χ4v) is 3.07. The molecule has 4 heteroatoms. The van der Waals surface area contributed by atoms with Gasteiger partial charge in [-0.1, -0.05) is 33.3 Å². The fourth-order valence-electron chi connectivity index (χ4n) is 3.07. The third-order valence-electron chi connectivity index (χ3n) is 4.23. The monoisotopic (exact) mass is 272 g/mol. The molecular formula is C16H20N2O2. The number of fused-ring (bicyclic) bond motifs is 1. The molecule has 3 rings (SSSR count). The fraction of sp³-hybridized carbons (Fsp3) is 0.500. The topological polar surface area (TPSA) is 55.1 Å². The van der Waals surface area contributed by atoms with Gasteiger partial charge in [0.25, 0.3) is 0 Å². The molecule has 2 unspecified atom stereocenters. The molecule has 2 aromatic rings. The first kappa shape index (κ1) is 13.2. The molecule has 0 radical (unpaired) electrons. The number of aromatic nitrogens is 2. The van der Waals surface area contributed by atoms with E-state index in [1.54, 1.807) is 12.1 Å². The molecule has 1 fully saturated rings. The predicted molar refractivity (Wildman–Crippen MR) is 78.2 cm³/mol. The van der Waals surface area contributed by atoms with E-state index >= 15 is 0 Å². The molecule has 0 bridgehead atoms. The number of hydrogen-bond donors (Lipinski definition) is 1. The standard InChI is InChI=1S/C16H20N2O2/c1-4-10-8-13(10)18-14-11(16(19)20)6-5-7-12(14)17-15(18)9(2)3/h5-7,9-10,13H,4,8H2,1-3H3,(H,19,20). The number of benzene rings is 1. The third kappa shape index (κ3) is 1.90. The summed E-state index contributed by atoms with van der Waals surface area (Å²) in [5.74, 6) is 1.09. The maximum atomic E-state index is 11.5. The highest BCUT2D eigenvalue weighted by molar-refractivity contribution is 6.01. The Morgan fingerprint density at radius 3 is 2.80 bits per heavy atom. The average Bonchev–Trinajstić information content (AvgIpc) is 3.08. The minimum Gasteiger partial charge on any atom is -0.478 e. The summed E-state index contributed by atoms with van der Waals surface area (Å²) >= 11 is 0. The van der Waals surface area contributed by atoms with Gasteiger partial charge < -0.3 is 9.67 Å². The van der Waals surface area contributed by atoms with Crippen LogP contribution in [0, 0.1) is 5.92 Å². The third-order valence-corrected chi connectivity index (χ3v) is 4.23. The molecule has 0 amide bonds. The summed E-state index contributed by atoms with van der Waals surface area (Å²) in [4.78, 5) is 16.2. The van der Waals surface area contributed by atoms with Crippen molar-refractivity contribution < 1.29 is 9.90 Å². The van der Waals surface area contributed by atoms with Gasteiger partial charge in [-0.05, 0) is 24.5 Å². The van der Waals surface area contributed by atoms with Gasteiger partial charge in [-0.2, -0.15) is 0 Å². The van der Waals surface area contributed by atoms with Crippen LogP contribution in [0.1, 0.15) is 61.8 Å². The molecular weight excluding hydrogens is 252 g/mol. The van der Waals surface area contributed by atoms with E-state index in [4.69, 9.17) is 0 Å². The lowest BCUT2D eigenvalue weighted by molar-refractivity contribution is 0.0698. The first-order chi connectivity index (χ1) is 9.54. The Morgan fingerprint density at radius 1 is 1.50 bits per heavy atom. The van der Waals surface area contributed by atoms with Crippen LogP contribution in [-0.2, 0) is 0 Å². The van der Waals surface area contributed by atoms with Gasteiger partial charge in [0.05, 0.1) is 16.6 Å². The van der Waals surface area contributed by atoms with E-state index in [9.17, 15) is 9.90 Å². The maximum absolute atomic E-state index is 11.5. The Morgan fingerprint density at radius 2 is 2.25 bits per heavy atom. The van der Waals surface area contributed by atoms with Crippen LogP contribution in [0.25, 0.3) is 11.0 Å². The van der Waals surface area contributed by atoms with Crippen LogP contribution in [0.4, 0.5) is 0 Å². The summed E-state index contributed by atoms with van der Waals surface area (Å²) in [7, 11) is 0. The van der Waals surface area contributed by atoms with Crippen molar-refractivity contribution in [2.75, 3.05) is 0 Å². The second kappa shape index (κ2) is 4.62. The van der Waals surface area contributed by atoms with Gasteiger partial charge in [-0.15, -0.1) is 0 Å². The van der Waals surface area contributed by atoms with Crippen LogP contribution in [0.2, 0.25) is 0 Å². The van der Waals surface area contributed by atoms with Crippen molar-refractivity contribution >= 4 is 17.0 Å². The van der Waals surface area contributed by atoms with E-state index in [1.165, 1.54) is 0 Å². The summed E-state index contributed by atoms with van der Waals surface area (Å²) in [6.45, 7) is 6.42. The van der Waals surface area contributed by atoms with Gasteiger partial charge in [0.15, 0.2) is 0 Å². The summed E-state index contributed by atoms with van der Waals surface area (Å²) in [6.07, 6.45) is 2.27. The maximum Gasteiger partial charge on any atom is 0.337 e. The van der Waals surface area contributed by atoms with Crippen molar-refractivity contribution in [1.82, 2.24) is 9.55 Å². The minimum atomic E-state index is -0.874. The second-order valence-electron chi connectivity index (χ2n) is 5.94. The van der Waals surface area contributed by atoms with Gasteiger partial charge in [0.1, 0.15) is 5.82 Å². The largest absolute Gasteiger partial charge is 0.478 e.